The first-order valence-electron chi connectivity index (χ1n) is 8.63. The Morgan fingerprint density at radius 1 is 1.17 bits per heavy atom. The van der Waals surface area contributed by atoms with Gasteiger partial charge in [-0.15, -0.1) is 0 Å². The fourth-order valence-corrected chi connectivity index (χ4v) is 3.15. The highest BCUT2D eigenvalue weighted by atomic mass is 16.6. The van der Waals surface area contributed by atoms with E-state index >= 15 is 0 Å². The van der Waals surface area contributed by atoms with Gasteiger partial charge in [-0.1, -0.05) is 0 Å². The zero-order valence-electron chi connectivity index (χ0n) is 15.1. The molecule has 0 atom stereocenters. The molecular formula is C17H27N5O2. The van der Waals surface area contributed by atoms with Crippen molar-refractivity contribution in [2.24, 2.45) is 0 Å². The Balaban J connectivity index is 1.69. The van der Waals surface area contributed by atoms with E-state index in [0.29, 0.717) is 13.1 Å². The minimum Gasteiger partial charge on any atom is -0.444 e. The Bertz CT molecular complexity index is 618. The topological polar surface area (TPSA) is 70.6 Å². The molecule has 0 unspecified atom stereocenters. The number of aryl methyl sites for hydroxylation is 1. The third-order valence-electron chi connectivity index (χ3n) is 4.26. The van der Waals surface area contributed by atoms with Crippen molar-refractivity contribution in [2.45, 2.75) is 46.3 Å². The second kappa shape index (κ2) is 6.55. The van der Waals surface area contributed by atoms with Gasteiger partial charge in [-0.05, 0) is 40.7 Å². The lowest BCUT2D eigenvalue weighted by Crippen LogP contribution is -2.50. The maximum absolute atomic E-state index is 12.2. The first kappa shape index (κ1) is 17.0. The van der Waals surface area contributed by atoms with Gasteiger partial charge in [-0.3, -0.25) is 0 Å². The van der Waals surface area contributed by atoms with Gasteiger partial charge in [0.2, 0.25) is 0 Å². The first-order valence-corrected chi connectivity index (χ1v) is 8.63. The Labute approximate surface area is 143 Å². The summed E-state index contributed by atoms with van der Waals surface area (Å²) >= 11 is 0. The number of hydrogen-bond acceptors (Lipinski definition) is 6. The average Bonchev–Trinajstić information content (AvgIpc) is 2.52. The fraction of sp³-hybridized carbons (Fsp3) is 0.706. The highest BCUT2D eigenvalue weighted by molar-refractivity contribution is 5.68. The summed E-state index contributed by atoms with van der Waals surface area (Å²) in [5, 5.41) is 3.36. The lowest BCUT2D eigenvalue weighted by Gasteiger charge is -2.37. The van der Waals surface area contributed by atoms with Gasteiger partial charge in [0.1, 0.15) is 17.2 Å². The van der Waals surface area contributed by atoms with Crippen molar-refractivity contribution in [3.8, 4) is 0 Å². The summed E-state index contributed by atoms with van der Waals surface area (Å²) < 4.78 is 5.46. The molecule has 1 aromatic rings. The number of nitrogens with zero attached hydrogens (tertiary/aromatic N) is 4. The maximum Gasteiger partial charge on any atom is 0.410 e. The monoisotopic (exact) mass is 333 g/mol. The first-order chi connectivity index (χ1) is 11.3. The molecule has 1 N–H and O–H groups in total. The van der Waals surface area contributed by atoms with Crippen LogP contribution in [0.4, 0.5) is 10.6 Å². The number of anilines is 1. The van der Waals surface area contributed by atoms with Crippen LogP contribution in [0, 0.1) is 6.92 Å². The second-order valence-electron chi connectivity index (χ2n) is 7.40. The highest BCUT2D eigenvalue weighted by Crippen LogP contribution is 2.25. The Kier molecular flexibility index (Phi) is 4.62. The predicted octanol–water partition coefficient (Wildman–Crippen LogP) is 1.49. The SMILES string of the molecule is Cc1nc2c(c(N3CCN(C(=O)OC(C)(C)C)CC3)n1)CCNC2. The van der Waals surface area contributed by atoms with E-state index in [9.17, 15) is 4.79 Å². The molecule has 7 nitrogen and oxygen atoms in total. The summed E-state index contributed by atoms with van der Waals surface area (Å²) in [6.07, 6.45) is 0.726. The number of aromatic nitrogens is 2. The number of ether oxygens (including phenoxy) is 1. The van der Waals surface area contributed by atoms with E-state index in [4.69, 9.17) is 9.72 Å². The van der Waals surface area contributed by atoms with Gasteiger partial charge >= 0.3 is 6.09 Å². The molecule has 0 bridgehead atoms. The third kappa shape index (κ3) is 3.77. The van der Waals surface area contributed by atoms with Gasteiger partial charge in [0.25, 0.3) is 0 Å². The van der Waals surface area contributed by atoms with Crippen molar-refractivity contribution < 1.29 is 9.53 Å². The minimum absolute atomic E-state index is 0.229. The van der Waals surface area contributed by atoms with Gasteiger partial charge in [-0.2, -0.15) is 0 Å². The predicted molar refractivity (Wildman–Crippen MR) is 92.2 cm³/mol. The standard InChI is InChI=1S/C17H27N5O2/c1-12-19-14-11-18-6-5-13(14)15(20-12)21-7-9-22(10-8-21)16(23)24-17(2,3)4/h18H,5-11H2,1-4H3. The molecule has 1 fully saturated rings. The van der Waals surface area contributed by atoms with E-state index in [1.54, 1.807) is 4.90 Å². The number of carbonyl (C=O) groups excluding carboxylic acids is 1. The number of fused-ring (bicyclic) bond motifs is 1. The third-order valence-corrected chi connectivity index (χ3v) is 4.26. The molecule has 1 aromatic heterocycles. The molecule has 0 radical (unpaired) electrons. The summed E-state index contributed by atoms with van der Waals surface area (Å²) in [6, 6.07) is 0. The zero-order chi connectivity index (χ0) is 17.3. The average molecular weight is 333 g/mol. The molecule has 0 spiro atoms. The molecule has 0 aromatic carbocycles. The molecule has 3 heterocycles. The van der Waals surface area contributed by atoms with Crippen LogP contribution in [-0.4, -0.2) is 59.3 Å². The molecule has 1 saturated heterocycles. The molecule has 3 rings (SSSR count). The smallest absolute Gasteiger partial charge is 0.410 e. The Hall–Kier alpha value is -1.89. The van der Waals surface area contributed by atoms with Crippen molar-refractivity contribution in [1.82, 2.24) is 20.2 Å². The van der Waals surface area contributed by atoms with Crippen LogP contribution in [0.2, 0.25) is 0 Å². The van der Waals surface area contributed by atoms with Crippen LogP contribution in [-0.2, 0) is 17.7 Å². The van der Waals surface area contributed by atoms with E-state index in [2.05, 4.69) is 15.2 Å². The summed E-state index contributed by atoms with van der Waals surface area (Å²) in [7, 11) is 0. The van der Waals surface area contributed by atoms with Crippen LogP contribution < -0.4 is 10.2 Å². The lowest BCUT2D eigenvalue weighted by atomic mass is 10.1. The summed E-state index contributed by atoms with van der Waals surface area (Å²) in [5.74, 6) is 1.85. The van der Waals surface area contributed by atoms with Crippen molar-refractivity contribution in [2.75, 3.05) is 37.6 Å². The van der Waals surface area contributed by atoms with Crippen LogP contribution >= 0.6 is 0 Å². The second-order valence-corrected chi connectivity index (χ2v) is 7.40. The van der Waals surface area contributed by atoms with E-state index in [1.165, 1.54) is 5.56 Å². The van der Waals surface area contributed by atoms with Crippen LogP contribution in [0.1, 0.15) is 37.9 Å². The number of piperazine rings is 1. The zero-order valence-corrected chi connectivity index (χ0v) is 15.1. The van der Waals surface area contributed by atoms with E-state index in [1.807, 2.05) is 27.7 Å². The molecule has 132 valence electrons. The molecule has 7 heteroatoms. The Morgan fingerprint density at radius 3 is 2.54 bits per heavy atom. The van der Waals surface area contributed by atoms with Gasteiger partial charge in [0.05, 0.1) is 5.69 Å². The summed E-state index contributed by atoms with van der Waals surface area (Å²) in [6.45, 7) is 12.3. The molecule has 0 aliphatic carbocycles. The van der Waals surface area contributed by atoms with Crippen LogP contribution in [0.3, 0.4) is 0 Å². The van der Waals surface area contributed by atoms with Crippen LogP contribution in [0.15, 0.2) is 0 Å². The fourth-order valence-electron chi connectivity index (χ4n) is 3.15. The number of amides is 1. The van der Waals surface area contributed by atoms with Crippen molar-refractivity contribution in [3.05, 3.63) is 17.1 Å². The van der Waals surface area contributed by atoms with Crippen molar-refractivity contribution in [3.63, 3.8) is 0 Å². The molecular weight excluding hydrogens is 306 g/mol. The van der Waals surface area contributed by atoms with Gasteiger partial charge in [0.15, 0.2) is 0 Å². The van der Waals surface area contributed by atoms with Gasteiger partial charge in [0, 0.05) is 38.3 Å². The molecule has 24 heavy (non-hydrogen) atoms. The number of rotatable bonds is 1. The largest absolute Gasteiger partial charge is 0.444 e. The molecule has 2 aliphatic heterocycles. The minimum atomic E-state index is -0.454. The number of nitrogens with one attached hydrogen (secondary N) is 1. The Morgan fingerprint density at radius 2 is 1.88 bits per heavy atom. The van der Waals surface area contributed by atoms with E-state index in [-0.39, 0.29) is 6.09 Å². The number of carbonyl (C=O) groups is 1. The maximum atomic E-state index is 12.2. The van der Waals surface area contributed by atoms with Crippen LogP contribution in [0.25, 0.3) is 0 Å². The van der Waals surface area contributed by atoms with Crippen LogP contribution in [0.5, 0.6) is 0 Å². The highest BCUT2D eigenvalue weighted by Gasteiger charge is 2.28. The lowest BCUT2D eigenvalue weighted by molar-refractivity contribution is 0.0240. The van der Waals surface area contributed by atoms with E-state index in [0.717, 1.165) is 49.9 Å². The quantitative estimate of drug-likeness (QED) is 0.840. The van der Waals surface area contributed by atoms with Gasteiger partial charge in [-0.25, -0.2) is 14.8 Å². The molecule has 0 saturated carbocycles. The molecule has 2 aliphatic rings. The summed E-state index contributed by atoms with van der Waals surface area (Å²) in [5.41, 5.74) is 1.91. The normalized spacial score (nSPS) is 18.3. The van der Waals surface area contributed by atoms with Gasteiger partial charge < -0.3 is 19.9 Å². The molecule has 1 amide bonds. The van der Waals surface area contributed by atoms with E-state index < -0.39 is 5.60 Å². The summed E-state index contributed by atoms with van der Waals surface area (Å²) in [4.78, 5) is 25.5. The number of hydrogen-bond donors (Lipinski definition) is 1. The van der Waals surface area contributed by atoms with Crippen molar-refractivity contribution in [1.29, 1.82) is 0 Å². The van der Waals surface area contributed by atoms with Crippen molar-refractivity contribution >= 4 is 11.9 Å².